The Hall–Kier alpha value is 1.09. The van der Waals surface area contributed by atoms with Crippen LogP contribution in [-0.4, -0.2) is 38.6 Å². The van der Waals surface area contributed by atoms with Gasteiger partial charge in [0, 0.05) is 18.9 Å². The summed E-state index contributed by atoms with van der Waals surface area (Å²) in [7, 11) is 1.33. The average Bonchev–Trinajstić information content (AvgIpc) is 2.21. The first-order chi connectivity index (χ1) is 6.45. The molecule has 0 heterocycles. The molecule has 0 bridgehead atoms. The molecule has 0 amide bonds. The van der Waals surface area contributed by atoms with Crippen LogP contribution < -0.4 is 0 Å². The van der Waals surface area contributed by atoms with Crippen LogP contribution in [0.4, 0.5) is 0 Å². The van der Waals surface area contributed by atoms with Crippen LogP contribution in [0.5, 0.6) is 0 Å². The third-order valence-corrected chi connectivity index (χ3v) is 5.78. The fourth-order valence-corrected chi connectivity index (χ4v) is 5.02. The predicted molar refractivity (Wildman–Crippen MR) is 77.8 cm³/mol. The van der Waals surface area contributed by atoms with E-state index in [0.29, 0.717) is 0 Å². The summed E-state index contributed by atoms with van der Waals surface area (Å²) in [6.45, 7) is 0. The Morgan fingerprint density at radius 1 is 0.600 bits per heavy atom. The predicted octanol–water partition coefficient (Wildman–Crippen LogP) is 2.77. The quantitative estimate of drug-likeness (QED) is 0.494. The summed E-state index contributed by atoms with van der Waals surface area (Å²) >= 11 is 0. The molecule has 0 aromatic heterocycles. The summed E-state index contributed by atoms with van der Waals surface area (Å²) in [5.41, 5.74) is 2.30. The van der Waals surface area contributed by atoms with Crippen LogP contribution in [0.3, 0.4) is 0 Å². The minimum Gasteiger partial charge on any atom is -0.116 e. The van der Waals surface area contributed by atoms with E-state index in [1.807, 2.05) is 0 Å². The van der Waals surface area contributed by atoms with Crippen molar-refractivity contribution in [1.82, 2.24) is 0 Å². The van der Waals surface area contributed by atoms with E-state index >= 15 is 0 Å². The first kappa shape index (κ1) is 16.1. The maximum Gasteiger partial charge on any atom is 0.0814 e. The van der Waals surface area contributed by atoms with Gasteiger partial charge in [0.25, 0.3) is 0 Å². The first-order valence-corrected chi connectivity index (χ1v) is 7.37. The molecule has 0 spiro atoms. The molecule has 0 N–H and O–H groups in total. The molecule has 0 aromatic rings. The molecule has 15 heavy (non-hydrogen) atoms. The van der Waals surface area contributed by atoms with Crippen molar-refractivity contribution in [3.05, 3.63) is 0 Å². The molecule has 2 saturated carbocycles. The van der Waals surface area contributed by atoms with E-state index in [4.69, 9.17) is 0 Å². The summed E-state index contributed by atoms with van der Waals surface area (Å²) in [6.07, 6.45) is 15.4. The molecular formula is C12H26BLiP. The van der Waals surface area contributed by atoms with Crippen LogP contribution in [0.25, 0.3) is 0 Å². The maximum atomic E-state index is 1.56. The van der Waals surface area contributed by atoms with Gasteiger partial charge in [-0.25, -0.2) is 0 Å². The molecule has 83 valence electrons. The van der Waals surface area contributed by atoms with Crippen LogP contribution in [0.2, 0.25) is 0 Å². The van der Waals surface area contributed by atoms with E-state index < -0.39 is 0 Å². The zero-order chi connectivity index (χ0) is 8.93. The standard InChI is InChI=1S/C12H23P.BH3.Li/c1-3-7-11(8-4-1)13-12-9-5-2-6-10-12;;/h11-13H,1-10H2;1H3;. The molecule has 2 aliphatic rings. The Bertz CT molecular complexity index is 127. The molecule has 0 nitrogen and oxygen atoms in total. The van der Waals surface area contributed by atoms with Crippen LogP contribution in [0.1, 0.15) is 64.2 Å². The number of hydrogen-bond donors (Lipinski definition) is 0. The zero-order valence-corrected chi connectivity index (χ0v) is 10.7. The van der Waals surface area contributed by atoms with Gasteiger partial charge < -0.3 is 0 Å². The molecule has 0 unspecified atom stereocenters. The summed E-state index contributed by atoms with van der Waals surface area (Å²) in [4.78, 5) is 0. The van der Waals surface area contributed by atoms with Crippen molar-refractivity contribution in [3.8, 4) is 0 Å². The van der Waals surface area contributed by atoms with Crippen molar-refractivity contribution in [2.45, 2.75) is 75.5 Å². The van der Waals surface area contributed by atoms with E-state index in [2.05, 4.69) is 0 Å². The van der Waals surface area contributed by atoms with Gasteiger partial charge >= 0.3 is 0 Å². The second kappa shape index (κ2) is 9.16. The monoisotopic (exact) mass is 219 g/mol. The third kappa shape index (κ3) is 5.81. The average molecular weight is 219 g/mol. The van der Waals surface area contributed by atoms with Crippen LogP contribution in [0, 0.1) is 0 Å². The van der Waals surface area contributed by atoms with E-state index in [-0.39, 0.29) is 27.3 Å². The van der Waals surface area contributed by atoms with Gasteiger partial charge in [-0.3, -0.25) is 0 Å². The molecule has 1 radical (unpaired) electrons. The van der Waals surface area contributed by atoms with Crippen molar-refractivity contribution in [3.63, 3.8) is 0 Å². The summed E-state index contributed by atoms with van der Waals surface area (Å²) < 4.78 is 0. The molecule has 3 heteroatoms. The third-order valence-electron chi connectivity index (χ3n) is 3.68. The topological polar surface area (TPSA) is 0 Å². The normalized spacial score (nSPS) is 24.0. The SMILES string of the molecule is B.C1CCC(PC2CCCCC2)CC1.[Li]. The van der Waals surface area contributed by atoms with Gasteiger partial charge in [0.05, 0.1) is 8.41 Å². The van der Waals surface area contributed by atoms with Crippen molar-refractivity contribution in [2.75, 3.05) is 0 Å². The van der Waals surface area contributed by atoms with Gasteiger partial charge in [-0.05, 0) is 37.0 Å². The van der Waals surface area contributed by atoms with Crippen molar-refractivity contribution < 1.29 is 0 Å². The Labute approximate surface area is 111 Å². The Morgan fingerprint density at radius 2 is 0.933 bits per heavy atom. The van der Waals surface area contributed by atoms with Gasteiger partial charge in [-0.2, -0.15) is 0 Å². The van der Waals surface area contributed by atoms with Gasteiger partial charge in [-0.15, -0.1) is 8.58 Å². The molecule has 2 fully saturated rings. The Kier molecular flexibility index (Phi) is 9.82. The molecule has 0 atom stereocenters. The Morgan fingerprint density at radius 3 is 1.27 bits per heavy atom. The fraction of sp³-hybridized carbons (Fsp3) is 1.00. The smallest absolute Gasteiger partial charge is 0.0814 e. The van der Waals surface area contributed by atoms with Crippen molar-refractivity contribution in [2.24, 2.45) is 0 Å². The first-order valence-electron chi connectivity index (χ1n) is 6.21. The van der Waals surface area contributed by atoms with E-state index in [1.165, 1.54) is 47.1 Å². The minimum atomic E-state index is 0. The van der Waals surface area contributed by atoms with Crippen molar-refractivity contribution in [1.29, 1.82) is 0 Å². The second-order valence-electron chi connectivity index (χ2n) is 4.84. The molecule has 0 aromatic carbocycles. The van der Waals surface area contributed by atoms with Crippen LogP contribution in [-0.2, 0) is 0 Å². The van der Waals surface area contributed by atoms with E-state index in [0.717, 1.165) is 11.3 Å². The van der Waals surface area contributed by atoms with E-state index in [1.54, 1.807) is 25.7 Å². The zero-order valence-electron chi connectivity index (χ0n) is 9.73. The Balaban J connectivity index is 0.000000980. The summed E-state index contributed by atoms with van der Waals surface area (Å²) in [5.74, 6) is 0. The fourth-order valence-electron chi connectivity index (χ4n) is 2.87. The van der Waals surface area contributed by atoms with Crippen LogP contribution >= 0.6 is 8.58 Å². The second-order valence-corrected chi connectivity index (χ2v) is 6.80. The largest absolute Gasteiger partial charge is 0.116 e. The van der Waals surface area contributed by atoms with Gasteiger partial charge in [0.1, 0.15) is 0 Å². The van der Waals surface area contributed by atoms with Gasteiger partial charge in [0.15, 0.2) is 0 Å². The van der Waals surface area contributed by atoms with Crippen LogP contribution in [0.15, 0.2) is 0 Å². The van der Waals surface area contributed by atoms with Gasteiger partial charge in [0.2, 0.25) is 0 Å². The molecule has 2 aliphatic carbocycles. The minimum absolute atomic E-state index is 0. The number of rotatable bonds is 2. The molecule has 0 saturated heterocycles. The van der Waals surface area contributed by atoms with E-state index in [9.17, 15) is 0 Å². The number of hydrogen-bond acceptors (Lipinski definition) is 0. The molecule has 2 rings (SSSR count). The van der Waals surface area contributed by atoms with Crippen molar-refractivity contribution >= 4 is 35.9 Å². The molecular weight excluding hydrogens is 193 g/mol. The molecule has 0 aliphatic heterocycles. The van der Waals surface area contributed by atoms with Gasteiger partial charge in [-0.1, -0.05) is 38.5 Å². The summed E-state index contributed by atoms with van der Waals surface area (Å²) in [5, 5.41) is 0. The summed E-state index contributed by atoms with van der Waals surface area (Å²) in [6, 6.07) is 0. The maximum absolute atomic E-state index is 1.56.